The number of ether oxygens (including phenoxy) is 1. The number of methoxy groups -OCH3 is 1. The van der Waals surface area contributed by atoms with Crippen LogP contribution in [0.5, 0.6) is 5.75 Å². The second-order valence-electron chi connectivity index (χ2n) is 4.87. The lowest BCUT2D eigenvalue weighted by Gasteiger charge is -2.05. The molecule has 0 saturated heterocycles. The van der Waals surface area contributed by atoms with Crippen LogP contribution in [-0.2, 0) is 12.8 Å². The van der Waals surface area contributed by atoms with Gasteiger partial charge in [-0.1, -0.05) is 54.2 Å². The number of rotatable bonds is 5. The normalized spacial score (nSPS) is 10.6. The Morgan fingerprint density at radius 2 is 1.86 bits per heavy atom. The van der Waals surface area contributed by atoms with Crippen molar-refractivity contribution in [3.8, 4) is 17.1 Å². The molecule has 0 aliphatic carbocycles. The second kappa shape index (κ2) is 6.66. The zero-order valence-electron chi connectivity index (χ0n) is 12.6. The first kappa shape index (κ1) is 14.7. The van der Waals surface area contributed by atoms with Gasteiger partial charge in [0.15, 0.2) is 11.0 Å². The molecule has 4 nitrogen and oxygen atoms in total. The van der Waals surface area contributed by atoms with Crippen LogP contribution in [0.2, 0.25) is 0 Å². The Morgan fingerprint density at radius 1 is 1.05 bits per heavy atom. The van der Waals surface area contributed by atoms with Crippen LogP contribution in [-0.4, -0.2) is 21.9 Å². The number of nitrogens with zero attached hydrogens (tertiary/aromatic N) is 3. The van der Waals surface area contributed by atoms with Crippen molar-refractivity contribution in [2.45, 2.75) is 10.9 Å². The fourth-order valence-electron chi connectivity index (χ4n) is 2.19. The van der Waals surface area contributed by atoms with E-state index in [4.69, 9.17) is 4.74 Å². The van der Waals surface area contributed by atoms with Gasteiger partial charge in [-0.25, -0.2) is 0 Å². The largest absolute Gasteiger partial charge is 0.497 e. The van der Waals surface area contributed by atoms with E-state index in [2.05, 4.69) is 16.3 Å². The highest BCUT2D eigenvalue weighted by Gasteiger charge is 2.11. The van der Waals surface area contributed by atoms with Gasteiger partial charge >= 0.3 is 0 Å². The Balaban J connectivity index is 1.75. The monoisotopic (exact) mass is 311 g/mol. The molecule has 0 spiro atoms. The molecular weight excluding hydrogens is 294 g/mol. The van der Waals surface area contributed by atoms with Gasteiger partial charge in [-0.3, -0.25) is 0 Å². The fraction of sp³-hybridized carbons (Fsp3) is 0.176. The lowest BCUT2D eigenvalue weighted by Crippen LogP contribution is -1.95. The van der Waals surface area contributed by atoms with Gasteiger partial charge in [-0.05, 0) is 17.7 Å². The second-order valence-corrected chi connectivity index (χ2v) is 5.81. The molecule has 1 heterocycles. The van der Waals surface area contributed by atoms with E-state index in [-0.39, 0.29) is 0 Å². The molecule has 0 fully saturated rings. The van der Waals surface area contributed by atoms with Crippen LogP contribution < -0.4 is 4.74 Å². The Morgan fingerprint density at radius 3 is 2.64 bits per heavy atom. The van der Waals surface area contributed by atoms with E-state index in [9.17, 15) is 0 Å². The third-order valence-corrected chi connectivity index (χ3v) is 4.46. The van der Waals surface area contributed by atoms with Crippen molar-refractivity contribution >= 4 is 11.8 Å². The highest BCUT2D eigenvalue weighted by Crippen LogP contribution is 2.26. The molecule has 0 aliphatic rings. The first-order chi connectivity index (χ1) is 10.8. The standard InChI is InChI=1S/C17H17N3OS/c1-20-16(14-8-4-3-5-9-14)18-19-17(20)22-12-13-7-6-10-15(11-13)21-2/h3-11H,12H2,1-2H3. The summed E-state index contributed by atoms with van der Waals surface area (Å²) in [7, 11) is 3.68. The van der Waals surface area contributed by atoms with E-state index >= 15 is 0 Å². The van der Waals surface area contributed by atoms with Crippen molar-refractivity contribution in [2.24, 2.45) is 7.05 Å². The number of benzene rings is 2. The third kappa shape index (κ3) is 3.14. The zero-order valence-corrected chi connectivity index (χ0v) is 13.4. The molecule has 5 heteroatoms. The Kier molecular flexibility index (Phi) is 4.44. The minimum absolute atomic E-state index is 0.831. The van der Waals surface area contributed by atoms with Gasteiger partial charge in [0.2, 0.25) is 0 Å². The van der Waals surface area contributed by atoms with Crippen molar-refractivity contribution < 1.29 is 4.74 Å². The average Bonchev–Trinajstić information content (AvgIpc) is 2.95. The summed E-state index contributed by atoms with van der Waals surface area (Å²) in [4.78, 5) is 0. The Labute approximate surface area is 134 Å². The summed E-state index contributed by atoms with van der Waals surface area (Å²) in [5.74, 6) is 2.59. The van der Waals surface area contributed by atoms with E-state index in [0.29, 0.717) is 0 Å². The SMILES string of the molecule is COc1cccc(CSc2nnc(-c3ccccc3)n2C)c1. The summed E-state index contributed by atoms with van der Waals surface area (Å²) in [5.41, 5.74) is 2.28. The molecule has 0 atom stereocenters. The van der Waals surface area contributed by atoms with Gasteiger partial charge < -0.3 is 9.30 Å². The molecule has 0 radical (unpaired) electrons. The summed E-state index contributed by atoms with van der Waals surface area (Å²) in [6, 6.07) is 18.2. The maximum Gasteiger partial charge on any atom is 0.191 e. The van der Waals surface area contributed by atoms with Gasteiger partial charge in [0, 0.05) is 18.4 Å². The number of aromatic nitrogens is 3. The van der Waals surface area contributed by atoms with E-state index in [1.165, 1.54) is 5.56 Å². The van der Waals surface area contributed by atoms with Crippen LogP contribution in [0.4, 0.5) is 0 Å². The minimum atomic E-state index is 0.831. The average molecular weight is 311 g/mol. The fourth-order valence-corrected chi connectivity index (χ4v) is 3.04. The molecule has 112 valence electrons. The highest BCUT2D eigenvalue weighted by atomic mass is 32.2. The molecule has 2 aromatic carbocycles. The van der Waals surface area contributed by atoms with E-state index < -0.39 is 0 Å². The molecule has 1 aromatic heterocycles. The predicted octanol–water partition coefficient (Wildman–Crippen LogP) is 3.78. The van der Waals surface area contributed by atoms with Crippen molar-refractivity contribution in [1.29, 1.82) is 0 Å². The quantitative estimate of drug-likeness (QED) is 0.672. The molecule has 3 rings (SSSR count). The topological polar surface area (TPSA) is 39.9 Å². The van der Waals surface area contributed by atoms with Crippen molar-refractivity contribution in [2.75, 3.05) is 7.11 Å². The van der Waals surface area contributed by atoms with Crippen LogP contribution in [0, 0.1) is 0 Å². The number of hydrogen-bond donors (Lipinski definition) is 0. The Bertz CT molecular complexity index is 756. The third-order valence-electron chi connectivity index (χ3n) is 3.37. The number of thioether (sulfide) groups is 1. The van der Waals surface area contributed by atoms with E-state index in [0.717, 1.165) is 28.0 Å². The molecule has 0 saturated carbocycles. The zero-order chi connectivity index (χ0) is 15.4. The van der Waals surface area contributed by atoms with Crippen molar-refractivity contribution in [3.63, 3.8) is 0 Å². The van der Waals surface area contributed by atoms with E-state index in [1.807, 2.05) is 60.1 Å². The van der Waals surface area contributed by atoms with Crippen LogP contribution in [0.3, 0.4) is 0 Å². The lowest BCUT2D eigenvalue weighted by atomic mass is 10.2. The molecular formula is C17H17N3OS. The smallest absolute Gasteiger partial charge is 0.191 e. The summed E-state index contributed by atoms with van der Waals surface area (Å²) in [6.45, 7) is 0. The van der Waals surface area contributed by atoms with Crippen molar-refractivity contribution in [3.05, 3.63) is 60.2 Å². The summed E-state index contributed by atoms with van der Waals surface area (Å²) in [5, 5.41) is 9.50. The molecule has 22 heavy (non-hydrogen) atoms. The van der Waals surface area contributed by atoms with Crippen LogP contribution in [0.25, 0.3) is 11.4 Å². The van der Waals surface area contributed by atoms with Gasteiger partial charge in [0.05, 0.1) is 7.11 Å². The molecule has 0 N–H and O–H groups in total. The number of hydrogen-bond acceptors (Lipinski definition) is 4. The minimum Gasteiger partial charge on any atom is -0.497 e. The van der Waals surface area contributed by atoms with Crippen LogP contribution >= 0.6 is 11.8 Å². The van der Waals surface area contributed by atoms with Crippen LogP contribution in [0.1, 0.15) is 5.56 Å². The molecule has 0 unspecified atom stereocenters. The summed E-state index contributed by atoms with van der Waals surface area (Å²) in [6.07, 6.45) is 0. The van der Waals surface area contributed by atoms with Gasteiger partial charge in [0.1, 0.15) is 5.75 Å². The maximum absolute atomic E-state index is 5.25. The predicted molar refractivity (Wildman–Crippen MR) is 89.0 cm³/mol. The summed E-state index contributed by atoms with van der Waals surface area (Å²) < 4.78 is 7.28. The molecule has 0 aliphatic heterocycles. The first-order valence-corrected chi connectivity index (χ1v) is 7.97. The maximum atomic E-state index is 5.25. The van der Waals surface area contributed by atoms with Gasteiger partial charge in [-0.2, -0.15) is 0 Å². The van der Waals surface area contributed by atoms with Gasteiger partial charge in [-0.15, -0.1) is 10.2 Å². The highest BCUT2D eigenvalue weighted by molar-refractivity contribution is 7.98. The van der Waals surface area contributed by atoms with E-state index in [1.54, 1.807) is 18.9 Å². The molecule has 3 aromatic rings. The Hall–Kier alpha value is -2.27. The van der Waals surface area contributed by atoms with Gasteiger partial charge in [0.25, 0.3) is 0 Å². The molecule has 0 bridgehead atoms. The summed E-state index contributed by atoms with van der Waals surface area (Å²) >= 11 is 1.67. The first-order valence-electron chi connectivity index (χ1n) is 6.98. The lowest BCUT2D eigenvalue weighted by molar-refractivity contribution is 0.414. The van der Waals surface area contributed by atoms with Crippen molar-refractivity contribution in [1.82, 2.24) is 14.8 Å². The van der Waals surface area contributed by atoms with Crippen LogP contribution in [0.15, 0.2) is 59.8 Å². The molecule has 0 amide bonds.